The van der Waals surface area contributed by atoms with E-state index in [1.165, 1.54) is 6.20 Å². The molecule has 1 aromatic carbocycles. The van der Waals surface area contributed by atoms with Gasteiger partial charge >= 0.3 is 0 Å². The van der Waals surface area contributed by atoms with Crippen LogP contribution in [0.3, 0.4) is 0 Å². The summed E-state index contributed by atoms with van der Waals surface area (Å²) in [5.41, 5.74) is 2.29. The first-order chi connectivity index (χ1) is 11.2. The molecule has 0 aliphatic heterocycles. The van der Waals surface area contributed by atoms with Gasteiger partial charge in [0.05, 0.1) is 18.5 Å². The third-order valence-electron chi connectivity index (χ3n) is 3.25. The zero-order chi connectivity index (χ0) is 16.2. The Hall–Kier alpha value is -3.06. The summed E-state index contributed by atoms with van der Waals surface area (Å²) >= 11 is 0. The zero-order valence-electron chi connectivity index (χ0n) is 12.4. The minimum atomic E-state index is -0.291. The van der Waals surface area contributed by atoms with Crippen LogP contribution in [0.25, 0.3) is 11.5 Å². The Morgan fingerprint density at radius 3 is 2.70 bits per heavy atom. The highest BCUT2D eigenvalue weighted by Gasteiger charge is 2.11. The van der Waals surface area contributed by atoms with Crippen LogP contribution in [0, 0.1) is 6.92 Å². The lowest BCUT2D eigenvalue weighted by Crippen LogP contribution is -2.13. The van der Waals surface area contributed by atoms with Gasteiger partial charge in [0.1, 0.15) is 0 Å². The molecule has 0 saturated carbocycles. The van der Waals surface area contributed by atoms with Crippen LogP contribution < -0.4 is 5.32 Å². The Balaban J connectivity index is 1.78. The summed E-state index contributed by atoms with van der Waals surface area (Å²) in [6.45, 7) is 1.56. The number of amides is 1. The molecular formula is C16H14N4O3. The molecule has 3 aromatic rings. The Labute approximate surface area is 132 Å². The third-order valence-corrected chi connectivity index (χ3v) is 3.25. The molecule has 0 bridgehead atoms. The van der Waals surface area contributed by atoms with Gasteiger partial charge in [-0.2, -0.15) is 4.98 Å². The second-order valence-corrected chi connectivity index (χ2v) is 4.87. The van der Waals surface area contributed by atoms with Crippen molar-refractivity contribution in [3.8, 4) is 11.5 Å². The average Bonchev–Trinajstić information content (AvgIpc) is 3.02. The van der Waals surface area contributed by atoms with Gasteiger partial charge in [-0.15, -0.1) is 0 Å². The van der Waals surface area contributed by atoms with Gasteiger partial charge in [0.25, 0.3) is 11.8 Å². The lowest BCUT2D eigenvalue weighted by Gasteiger charge is -2.08. The van der Waals surface area contributed by atoms with Crippen molar-refractivity contribution in [3.05, 3.63) is 59.7 Å². The number of rotatable bonds is 4. The van der Waals surface area contributed by atoms with E-state index in [-0.39, 0.29) is 12.5 Å². The van der Waals surface area contributed by atoms with E-state index in [9.17, 15) is 9.90 Å². The van der Waals surface area contributed by atoms with Crippen molar-refractivity contribution < 1.29 is 14.4 Å². The van der Waals surface area contributed by atoms with Crippen molar-refractivity contribution in [1.82, 2.24) is 15.1 Å². The van der Waals surface area contributed by atoms with E-state index < -0.39 is 0 Å². The number of carbonyl (C=O) groups excluding carboxylic acids is 1. The first-order valence-corrected chi connectivity index (χ1v) is 6.93. The van der Waals surface area contributed by atoms with Gasteiger partial charge in [-0.1, -0.05) is 5.16 Å². The molecule has 116 valence electrons. The predicted octanol–water partition coefficient (Wildman–Crippen LogP) is 2.18. The molecular weight excluding hydrogens is 296 g/mol. The van der Waals surface area contributed by atoms with Gasteiger partial charge in [0.15, 0.2) is 5.82 Å². The van der Waals surface area contributed by atoms with Gasteiger partial charge in [-0.25, -0.2) is 0 Å². The van der Waals surface area contributed by atoms with E-state index >= 15 is 0 Å². The lowest BCUT2D eigenvalue weighted by molar-refractivity contribution is 0.102. The molecule has 7 heteroatoms. The largest absolute Gasteiger partial charge is 0.392 e. The number of hydrogen-bond acceptors (Lipinski definition) is 6. The third kappa shape index (κ3) is 3.24. The summed E-state index contributed by atoms with van der Waals surface area (Å²) < 4.78 is 5.08. The van der Waals surface area contributed by atoms with Crippen molar-refractivity contribution in [2.45, 2.75) is 13.5 Å². The van der Waals surface area contributed by atoms with Crippen LogP contribution >= 0.6 is 0 Å². The summed E-state index contributed by atoms with van der Waals surface area (Å²) in [6, 6.07) is 8.45. The highest BCUT2D eigenvalue weighted by Crippen LogP contribution is 2.19. The van der Waals surface area contributed by atoms with Gasteiger partial charge in [-0.3, -0.25) is 9.78 Å². The molecule has 7 nitrogen and oxygen atoms in total. The van der Waals surface area contributed by atoms with Crippen LogP contribution in [0.5, 0.6) is 0 Å². The smallest absolute Gasteiger partial charge is 0.257 e. The number of aliphatic hydroxyl groups excluding tert-OH is 1. The SMILES string of the molecule is Cc1noc(-c2ccc(C(=O)Nc3cnccc3CO)cc2)n1. The summed E-state index contributed by atoms with van der Waals surface area (Å²) in [5.74, 6) is 0.667. The van der Waals surface area contributed by atoms with E-state index in [2.05, 4.69) is 20.4 Å². The molecule has 23 heavy (non-hydrogen) atoms. The van der Waals surface area contributed by atoms with Crippen LogP contribution in [0.2, 0.25) is 0 Å². The fourth-order valence-corrected chi connectivity index (χ4v) is 2.05. The minimum Gasteiger partial charge on any atom is -0.392 e. The fourth-order valence-electron chi connectivity index (χ4n) is 2.05. The second kappa shape index (κ2) is 6.37. The van der Waals surface area contributed by atoms with E-state index in [4.69, 9.17) is 4.52 Å². The number of nitrogens with one attached hydrogen (secondary N) is 1. The summed E-state index contributed by atoms with van der Waals surface area (Å²) in [4.78, 5) is 20.3. The van der Waals surface area contributed by atoms with E-state index in [0.29, 0.717) is 28.5 Å². The predicted molar refractivity (Wildman–Crippen MR) is 82.6 cm³/mol. The first kappa shape index (κ1) is 14.9. The molecule has 0 spiro atoms. The molecule has 2 N–H and O–H groups in total. The standard InChI is InChI=1S/C16H14N4O3/c1-10-18-16(23-20-10)12-4-2-11(3-5-12)15(22)19-14-8-17-7-6-13(14)9-21/h2-8,21H,9H2,1H3,(H,19,22). The van der Waals surface area contributed by atoms with E-state index in [1.54, 1.807) is 43.5 Å². The molecule has 2 aromatic heterocycles. The first-order valence-electron chi connectivity index (χ1n) is 6.93. The van der Waals surface area contributed by atoms with Crippen molar-refractivity contribution in [2.24, 2.45) is 0 Å². The van der Waals surface area contributed by atoms with Gasteiger partial charge < -0.3 is 14.9 Å². The Morgan fingerprint density at radius 1 is 1.26 bits per heavy atom. The van der Waals surface area contributed by atoms with Crippen LogP contribution in [0.15, 0.2) is 47.2 Å². The molecule has 2 heterocycles. The normalized spacial score (nSPS) is 10.5. The van der Waals surface area contributed by atoms with Gasteiger partial charge in [0, 0.05) is 22.9 Å². The van der Waals surface area contributed by atoms with Crippen LogP contribution in [-0.2, 0) is 6.61 Å². The number of carbonyl (C=O) groups is 1. The maximum Gasteiger partial charge on any atom is 0.257 e. The number of benzene rings is 1. The molecule has 0 unspecified atom stereocenters. The molecule has 3 rings (SSSR count). The monoisotopic (exact) mass is 310 g/mol. The van der Waals surface area contributed by atoms with E-state index in [0.717, 1.165) is 5.56 Å². The van der Waals surface area contributed by atoms with Crippen LogP contribution in [0.1, 0.15) is 21.7 Å². The topological polar surface area (TPSA) is 101 Å². The highest BCUT2D eigenvalue weighted by atomic mass is 16.5. The number of hydrogen-bond donors (Lipinski definition) is 2. The number of pyridine rings is 1. The Bertz CT molecular complexity index is 827. The van der Waals surface area contributed by atoms with Crippen LogP contribution in [0.4, 0.5) is 5.69 Å². The second-order valence-electron chi connectivity index (χ2n) is 4.87. The maximum absolute atomic E-state index is 12.3. The average molecular weight is 310 g/mol. The molecule has 0 atom stereocenters. The van der Waals surface area contributed by atoms with Crippen molar-refractivity contribution >= 4 is 11.6 Å². The maximum atomic E-state index is 12.3. The molecule has 0 aliphatic carbocycles. The summed E-state index contributed by atoms with van der Waals surface area (Å²) in [5, 5.41) is 15.7. The number of nitrogens with zero attached hydrogens (tertiary/aromatic N) is 3. The number of anilines is 1. The van der Waals surface area contributed by atoms with E-state index in [1.807, 2.05) is 0 Å². The van der Waals surface area contributed by atoms with Gasteiger partial charge in [0.2, 0.25) is 0 Å². The quantitative estimate of drug-likeness (QED) is 0.766. The van der Waals surface area contributed by atoms with Gasteiger partial charge in [-0.05, 0) is 37.3 Å². The van der Waals surface area contributed by atoms with Crippen molar-refractivity contribution in [1.29, 1.82) is 0 Å². The lowest BCUT2D eigenvalue weighted by atomic mass is 10.1. The van der Waals surface area contributed by atoms with Crippen molar-refractivity contribution in [3.63, 3.8) is 0 Å². The van der Waals surface area contributed by atoms with Crippen LogP contribution in [-0.4, -0.2) is 26.1 Å². The fraction of sp³-hybridized carbons (Fsp3) is 0.125. The summed E-state index contributed by atoms with van der Waals surface area (Å²) in [7, 11) is 0. The highest BCUT2D eigenvalue weighted by molar-refractivity contribution is 6.04. The minimum absolute atomic E-state index is 0.173. The summed E-state index contributed by atoms with van der Waals surface area (Å²) in [6.07, 6.45) is 3.06. The molecule has 0 fully saturated rings. The Morgan fingerprint density at radius 2 is 2.04 bits per heavy atom. The molecule has 1 amide bonds. The molecule has 0 saturated heterocycles. The number of aromatic nitrogens is 3. The molecule has 0 aliphatic rings. The Kier molecular flexibility index (Phi) is 4.11. The molecule has 0 radical (unpaired) electrons. The number of aliphatic hydroxyl groups is 1. The zero-order valence-corrected chi connectivity index (χ0v) is 12.4. The van der Waals surface area contributed by atoms with Crippen molar-refractivity contribution in [2.75, 3.05) is 5.32 Å². The number of aryl methyl sites for hydroxylation is 1.